The Morgan fingerprint density at radius 1 is 1.12 bits per heavy atom. The maximum absolute atomic E-state index is 12.5. The van der Waals surface area contributed by atoms with Gasteiger partial charge < -0.3 is 10.1 Å². The highest BCUT2D eigenvalue weighted by molar-refractivity contribution is 7.89. The second kappa shape index (κ2) is 11.4. The van der Waals surface area contributed by atoms with Crippen molar-refractivity contribution in [2.45, 2.75) is 11.8 Å². The number of hydrazine groups is 1. The van der Waals surface area contributed by atoms with Crippen molar-refractivity contribution < 1.29 is 27.7 Å². The van der Waals surface area contributed by atoms with E-state index in [1.807, 2.05) is 6.92 Å². The van der Waals surface area contributed by atoms with Crippen LogP contribution in [0, 0.1) is 17.0 Å². The van der Waals surface area contributed by atoms with Gasteiger partial charge in [0.1, 0.15) is 5.69 Å². The molecule has 2 aromatic rings. The molecule has 2 rings (SSSR count). The highest BCUT2D eigenvalue weighted by Crippen LogP contribution is 2.25. The number of methoxy groups -OCH3 is 1. The zero-order valence-electron chi connectivity index (χ0n) is 18.3. The van der Waals surface area contributed by atoms with Gasteiger partial charge in [-0.2, -0.15) is 4.31 Å². The van der Waals surface area contributed by atoms with Gasteiger partial charge in [-0.15, -0.1) is 0 Å². The van der Waals surface area contributed by atoms with Crippen LogP contribution in [0.15, 0.2) is 47.4 Å². The van der Waals surface area contributed by atoms with Crippen LogP contribution < -0.4 is 16.2 Å². The zero-order valence-corrected chi connectivity index (χ0v) is 19.1. The van der Waals surface area contributed by atoms with Gasteiger partial charge in [-0.3, -0.25) is 30.6 Å². The summed E-state index contributed by atoms with van der Waals surface area (Å²) in [5, 5.41) is 14.2. The van der Waals surface area contributed by atoms with E-state index in [-0.39, 0.29) is 21.8 Å². The zero-order chi connectivity index (χ0) is 24.6. The molecular weight excluding hydrogens is 454 g/mol. The number of rotatable bonds is 10. The number of amides is 2. The van der Waals surface area contributed by atoms with Crippen LogP contribution >= 0.6 is 0 Å². The maximum Gasteiger partial charge on any atom is 0.293 e. The van der Waals surface area contributed by atoms with Crippen LogP contribution in [0.2, 0.25) is 0 Å². The number of anilines is 1. The first-order valence-electron chi connectivity index (χ1n) is 9.69. The third-order valence-corrected chi connectivity index (χ3v) is 6.31. The predicted octanol–water partition coefficient (Wildman–Crippen LogP) is 1.04. The van der Waals surface area contributed by atoms with Gasteiger partial charge in [0.25, 0.3) is 17.5 Å². The van der Waals surface area contributed by atoms with Gasteiger partial charge in [0.05, 0.1) is 23.0 Å². The van der Waals surface area contributed by atoms with Crippen molar-refractivity contribution in [2.24, 2.45) is 0 Å². The molecule has 0 atom stereocenters. The van der Waals surface area contributed by atoms with Gasteiger partial charge in [0.2, 0.25) is 10.0 Å². The minimum atomic E-state index is -3.90. The summed E-state index contributed by atoms with van der Waals surface area (Å²) in [7, 11) is -1.18. The van der Waals surface area contributed by atoms with E-state index in [0.29, 0.717) is 13.2 Å². The summed E-state index contributed by atoms with van der Waals surface area (Å²) < 4.78 is 30.8. The molecule has 0 spiro atoms. The number of hydrogen-bond acceptors (Lipinski definition) is 8. The lowest BCUT2D eigenvalue weighted by Gasteiger charge is -2.17. The van der Waals surface area contributed by atoms with E-state index in [2.05, 4.69) is 16.2 Å². The summed E-state index contributed by atoms with van der Waals surface area (Å²) in [4.78, 5) is 35.1. The number of ether oxygens (including phenoxy) is 1. The molecule has 3 N–H and O–H groups in total. The number of carbonyl (C=O) groups excluding carboxylic acids is 2. The number of carbonyl (C=O) groups is 2. The van der Waals surface area contributed by atoms with E-state index >= 15 is 0 Å². The highest BCUT2D eigenvalue weighted by atomic mass is 32.2. The first-order chi connectivity index (χ1) is 15.6. The molecule has 178 valence electrons. The molecule has 0 fully saturated rings. The van der Waals surface area contributed by atoms with Crippen molar-refractivity contribution in [1.29, 1.82) is 0 Å². The average Bonchev–Trinajstić information content (AvgIpc) is 2.77. The van der Waals surface area contributed by atoms with Crippen LogP contribution in [0.1, 0.15) is 15.9 Å². The van der Waals surface area contributed by atoms with Crippen LogP contribution in [-0.2, 0) is 19.6 Å². The van der Waals surface area contributed by atoms with Crippen molar-refractivity contribution in [3.8, 4) is 0 Å². The lowest BCUT2D eigenvalue weighted by atomic mass is 10.1. The standard InChI is InChI=1S/C20H25N5O7S/c1-14-4-7-16(8-5-14)33(30,31)24(2)13-19(26)22-23-20(27)15-6-9-17(21-10-11-32-3)18(12-15)25(28)29/h4-9,12,21H,10-11,13H2,1-3H3,(H,22,26)(H,23,27). The molecule has 13 heteroatoms. The number of hydrogen-bond donors (Lipinski definition) is 3. The van der Waals surface area contributed by atoms with E-state index < -0.39 is 33.3 Å². The molecule has 0 aromatic heterocycles. The monoisotopic (exact) mass is 479 g/mol. The second-order valence-corrected chi connectivity index (χ2v) is 9.03. The van der Waals surface area contributed by atoms with Gasteiger partial charge in [-0.1, -0.05) is 17.7 Å². The predicted molar refractivity (Wildman–Crippen MR) is 120 cm³/mol. The minimum Gasteiger partial charge on any atom is -0.383 e. The van der Waals surface area contributed by atoms with Crippen molar-refractivity contribution in [3.05, 3.63) is 63.7 Å². The maximum atomic E-state index is 12.5. The minimum absolute atomic E-state index is 0.0268. The summed E-state index contributed by atoms with van der Waals surface area (Å²) in [6.07, 6.45) is 0. The quantitative estimate of drug-likeness (QED) is 0.259. The van der Waals surface area contributed by atoms with E-state index in [9.17, 15) is 28.1 Å². The summed E-state index contributed by atoms with van der Waals surface area (Å²) in [6, 6.07) is 9.91. The van der Waals surface area contributed by atoms with Crippen LogP contribution in [0.4, 0.5) is 11.4 Å². The normalized spacial score (nSPS) is 11.2. The molecule has 0 unspecified atom stereocenters. The number of nitrogens with zero attached hydrogens (tertiary/aromatic N) is 2. The van der Waals surface area contributed by atoms with Crippen LogP contribution in [0.25, 0.3) is 0 Å². The molecule has 0 aliphatic rings. The summed E-state index contributed by atoms with van der Waals surface area (Å²) in [5.41, 5.74) is 4.92. The van der Waals surface area contributed by atoms with E-state index in [1.54, 1.807) is 12.1 Å². The molecule has 0 heterocycles. The number of nitro groups is 1. The number of benzene rings is 2. The van der Waals surface area contributed by atoms with Gasteiger partial charge in [0.15, 0.2) is 0 Å². The third kappa shape index (κ3) is 6.97. The number of aryl methyl sites for hydroxylation is 1. The van der Waals surface area contributed by atoms with Crippen molar-refractivity contribution in [2.75, 3.05) is 39.2 Å². The number of sulfonamides is 1. The van der Waals surface area contributed by atoms with Crippen molar-refractivity contribution in [1.82, 2.24) is 15.2 Å². The summed E-state index contributed by atoms with van der Waals surface area (Å²) >= 11 is 0. The molecule has 0 radical (unpaired) electrons. The molecular formula is C20H25N5O7S. The second-order valence-electron chi connectivity index (χ2n) is 6.99. The smallest absolute Gasteiger partial charge is 0.293 e. The van der Waals surface area contributed by atoms with Gasteiger partial charge in [-0.05, 0) is 31.2 Å². The summed E-state index contributed by atoms with van der Waals surface area (Å²) in [6.45, 7) is 1.92. The molecule has 0 bridgehead atoms. The van der Waals surface area contributed by atoms with Gasteiger partial charge in [-0.25, -0.2) is 8.42 Å². The largest absolute Gasteiger partial charge is 0.383 e. The average molecular weight is 480 g/mol. The molecule has 0 saturated carbocycles. The summed E-state index contributed by atoms with van der Waals surface area (Å²) in [5.74, 6) is -1.60. The Balaban J connectivity index is 1.99. The molecule has 33 heavy (non-hydrogen) atoms. The molecule has 2 aromatic carbocycles. The Morgan fingerprint density at radius 3 is 2.39 bits per heavy atom. The molecule has 0 aliphatic heterocycles. The Hall–Kier alpha value is -3.55. The fraction of sp³-hybridized carbons (Fsp3) is 0.300. The van der Waals surface area contributed by atoms with Crippen molar-refractivity contribution >= 4 is 33.2 Å². The Morgan fingerprint density at radius 2 is 1.79 bits per heavy atom. The van der Waals surface area contributed by atoms with Crippen LogP contribution in [0.5, 0.6) is 0 Å². The first-order valence-corrected chi connectivity index (χ1v) is 11.1. The fourth-order valence-corrected chi connectivity index (χ4v) is 3.80. The Kier molecular flexibility index (Phi) is 8.85. The molecule has 12 nitrogen and oxygen atoms in total. The van der Waals surface area contributed by atoms with E-state index in [1.165, 1.54) is 38.4 Å². The first kappa shape index (κ1) is 25.7. The van der Waals surface area contributed by atoms with Crippen molar-refractivity contribution in [3.63, 3.8) is 0 Å². The Labute approximate surface area is 191 Å². The van der Waals surface area contributed by atoms with Crippen LogP contribution in [-0.4, -0.2) is 63.3 Å². The van der Waals surface area contributed by atoms with Gasteiger partial charge >= 0.3 is 0 Å². The number of nitrogens with one attached hydrogen (secondary N) is 3. The number of nitro benzene ring substituents is 1. The molecule has 0 aliphatic carbocycles. The Bertz CT molecular complexity index is 1120. The lowest BCUT2D eigenvalue weighted by molar-refractivity contribution is -0.384. The molecule has 2 amide bonds. The number of likely N-dealkylation sites (N-methyl/N-ethyl adjacent to an activating group) is 1. The van der Waals surface area contributed by atoms with E-state index in [4.69, 9.17) is 4.74 Å². The lowest BCUT2D eigenvalue weighted by Crippen LogP contribution is -2.46. The topological polar surface area (TPSA) is 160 Å². The third-order valence-electron chi connectivity index (χ3n) is 4.49. The fourth-order valence-electron chi connectivity index (χ4n) is 2.68. The highest BCUT2D eigenvalue weighted by Gasteiger charge is 2.23. The van der Waals surface area contributed by atoms with E-state index in [0.717, 1.165) is 15.9 Å². The molecule has 0 saturated heterocycles. The SMILES string of the molecule is COCCNc1ccc(C(=O)NNC(=O)CN(C)S(=O)(=O)c2ccc(C)cc2)cc1[N+](=O)[O-]. The van der Waals surface area contributed by atoms with Gasteiger partial charge in [0, 0.05) is 32.3 Å². The van der Waals surface area contributed by atoms with Crippen LogP contribution in [0.3, 0.4) is 0 Å².